The van der Waals surface area contributed by atoms with Crippen LogP contribution < -0.4 is 15.5 Å². The summed E-state index contributed by atoms with van der Waals surface area (Å²) in [6.45, 7) is 8.55. The van der Waals surface area contributed by atoms with Gasteiger partial charge in [0, 0.05) is 63.9 Å². The van der Waals surface area contributed by atoms with E-state index in [-0.39, 0.29) is 6.03 Å². The van der Waals surface area contributed by atoms with Crippen LogP contribution in [0.25, 0.3) is 0 Å². The lowest BCUT2D eigenvalue weighted by molar-refractivity contribution is 0.222. The van der Waals surface area contributed by atoms with Crippen molar-refractivity contribution >= 4 is 23.6 Å². The smallest absolute Gasteiger partial charge is 0.321 e. The molecule has 9 nitrogen and oxygen atoms in total. The molecule has 0 saturated carbocycles. The number of aromatic nitrogens is 2. The Hall–Kier alpha value is -3.36. The SMILES string of the molecule is CCNC(=NCc1cccc(NC(=O)N2CCCC2)c1)N1CCN(c2ncccn2)CC1. The number of hydrogen-bond donors (Lipinski definition) is 2. The standard InChI is InChI=1S/C23H32N8O/c1-2-24-21(29-13-15-30(16-14-29)22-25-9-6-10-26-22)27-18-19-7-5-8-20(17-19)28-23(32)31-11-3-4-12-31/h5-10,17H,2-4,11-16,18H2,1H3,(H,24,27)(H,28,32). The molecule has 3 heterocycles. The Balaban J connectivity index is 1.35. The second-order valence-electron chi connectivity index (χ2n) is 8.02. The molecule has 9 heteroatoms. The number of amides is 2. The summed E-state index contributed by atoms with van der Waals surface area (Å²) in [5.74, 6) is 1.69. The summed E-state index contributed by atoms with van der Waals surface area (Å²) in [7, 11) is 0. The number of urea groups is 1. The number of rotatable bonds is 5. The molecule has 2 aliphatic rings. The van der Waals surface area contributed by atoms with Crippen molar-refractivity contribution in [1.82, 2.24) is 25.1 Å². The van der Waals surface area contributed by atoms with Crippen molar-refractivity contribution in [3.05, 3.63) is 48.3 Å². The molecule has 0 unspecified atom stereocenters. The number of likely N-dealkylation sites (tertiary alicyclic amines) is 1. The summed E-state index contributed by atoms with van der Waals surface area (Å²) in [5.41, 5.74) is 1.88. The van der Waals surface area contributed by atoms with Crippen molar-refractivity contribution in [1.29, 1.82) is 0 Å². The van der Waals surface area contributed by atoms with Crippen LogP contribution in [0.15, 0.2) is 47.7 Å². The third-order valence-electron chi connectivity index (χ3n) is 5.73. The van der Waals surface area contributed by atoms with Crippen molar-refractivity contribution in [2.75, 3.05) is 56.0 Å². The van der Waals surface area contributed by atoms with Crippen LogP contribution in [0.4, 0.5) is 16.4 Å². The number of anilines is 2. The van der Waals surface area contributed by atoms with Crippen LogP contribution in [0.5, 0.6) is 0 Å². The molecule has 1 aromatic carbocycles. The van der Waals surface area contributed by atoms with Crippen LogP contribution in [0.1, 0.15) is 25.3 Å². The van der Waals surface area contributed by atoms with Crippen LogP contribution >= 0.6 is 0 Å². The molecule has 0 atom stereocenters. The highest BCUT2D eigenvalue weighted by atomic mass is 16.2. The highest BCUT2D eigenvalue weighted by molar-refractivity contribution is 5.89. The molecule has 0 spiro atoms. The Morgan fingerprint density at radius 1 is 1.00 bits per heavy atom. The maximum Gasteiger partial charge on any atom is 0.321 e. The number of hydrogen-bond acceptors (Lipinski definition) is 5. The molecule has 2 fully saturated rings. The molecular weight excluding hydrogens is 404 g/mol. The lowest BCUT2D eigenvalue weighted by Crippen LogP contribution is -2.52. The topological polar surface area (TPSA) is 89.0 Å². The van der Waals surface area contributed by atoms with Gasteiger partial charge < -0.3 is 25.3 Å². The minimum Gasteiger partial charge on any atom is -0.357 e. The van der Waals surface area contributed by atoms with E-state index in [0.29, 0.717) is 6.54 Å². The molecule has 0 aliphatic carbocycles. The van der Waals surface area contributed by atoms with Gasteiger partial charge >= 0.3 is 6.03 Å². The van der Waals surface area contributed by atoms with Gasteiger partial charge in [-0.15, -0.1) is 0 Å². The summed E-state index contributed by atoms with van der Waals surface area (Å²) in [4.78, 5) is 32.3. The summed E-state index contributed by atoms with van der Waals surface area (Å²) in [6.07, 6.45) is 5.73. The number of nitrogens with zero attached hydrogens (tertiary/aromatic N) is 6. The number of nitrogens with one attached hydrogen (secondary N) is 2. The Kier molecular flexibility index (Phi) is 7.37. The first kappa shape index (κ1) is 21.9. The van der Waals surface area contributed by atoms with Crippen LogP contribution in [-0.2, 0) is 6.54 Å². The van der Waals surface area contributed by atoms with E-state index in [1.165, 1.54) is 0 Å². The first-order valence-electron chi connectivity index (χ1n) is 11.4. The predicted molar refractivity (Wildman–Crippen MR) is 127 cm³/mol. The van der Waals surface area contributed by atoms with Gasteiger partial charge in [0.25, 0.3) is 0 Å². The van der Waals surface area contributed by atoms with E-state index >= 15 is 0 Å². The van der Waals surface area contributed by atoms with Crippen molar-refractivity contribution < 1.29 is 4.79 Å². The minimum absolute atomic E-state index is 0.0169. The highest BCUT2D eigenvalue weighted by Crippen LogP contribution is 2.15. The predicted octanol–water partition coefficient (Wildman–Crippen LogP) is 2.39. The minimum atomic E-state index is -0.0169. The fraction of sp³-hybridized carbons (Fsp3) is 0.478. The Labute approximate surface area is 189 Å². The molecule has 4 rings (SSSR count). The van der Waals surface area contributed by atoms with Crippen molar-refractivity contribution in [2.45, 2.75) is 26.3 Å². The van der Waals surface area contributed by atoms with E-state index in [1.807, 2.05) is 35.2 Å². The zero-order chi connectivity index (χ0) is 22.2. The first-order valence-corrected chi connectivity index (χ1v) is 11.4. The number of piperazine rings is 1. The van der Waals surface area contributed by atoms with Crippen molar-refractivity contribution in [2.24, 2.45) is 4.99 Å². The van der Waals surface area contributed by atoms with Gasteiger partial charge in [-0.1, -0.05) is 12.1 Å². The fourth-order valence-corrected chi connectivity index (χ4v) is 4.03. The molecule has 0 bridgehead atoms. The molecule has 2 aliphatic heterocycles. The average Bonchev–Trinajstić information content (AvgIpc) is 3.38. The number of benzene rings is 1. The molecule has 2 amide bonds. The van der Waals surface area contributed by atoms with Gasteiger partial charge in [-0.25, -0.2) is 19.8 Å². The number of carbonyl (C=O) groups is 1. The third kappa shape index (κ3) is 5.66. The van der Waals surface area contributed by atoms with Crippen LogP contribution in [0, 0.1) is 0 Å². The van der Waals surface area contributed by atoms with Gasteiger partial charge in [-0.05, 0) is 43.5 Å². The van der Waals surface area contributed by atoms with E-state index in [4.69, 9.17) is 4.99 Å². The number of aliphatic imine (C=N–C) groups is 1. The quantitative estimate of drug-likeness (QED) is 0.553. The molecule has 1 aromatic heterocycles. The maximum atomic E-state index is 12.4. The molecule has 32 heavy (non-hydrogen) atoms. The van der Waals surface area contributed by atoms with E-state index in [1.54, 1.807) is 12.4 Å². The fourth-order valence-electron chi connectivity index (χ4n) is 4.03. The third-order valence-corrected chi connectivity index (χ3v) is 5.73. The van der Waals surface area contributed by atoms with Crippen LogP contribution in [-0.4, -0.2) is 77.6 Å². The molecule has 0 radical (unpaired) electrons. The molecule has 2 aromatic rings. The summed E-state index contributed by atoms with van der Waals surface area (Å²) < 4.78 is 0. The Morgan fingerprint density at radius 3 is 2.47 bits per heavy atom. The second-order valence-corrected chi connectivity index (χ2v) is 8.02. The molecule has 170 valence electrons. The lowest BCUT2D eigenvalue weighted by atomic mass is 10.2. The normalized spacial score (nSPS) is 16.9. The largest absolute Gasteiger partial charge is 0.357 e. The summed E-state index contributed by atoms with van der Waals surface area (Å²) in [5, 5.41) is 6.43. The van der Waals surface area contributed by atoms with E-state index < -0.39 is 0 Å². The highest BCUT2D eigenvalue weighted by Gasteiger charge is 2.21. The van der Waals surface area contributed by atoms with Gasteiger partial charge in [0.2, 0.25) is 5.95 Å². The van der Waals surface area contributed by atoms with Gasteiger partial charge in [0.05, 0.1) is 6.54 Å². The van der Waals surface area contributed by atoms with Gasteiger partial charge in [0.1, 0.15) is 0 Å². The monoisotopic (exact) mass is 436 g/mol. The van der Waals surface area contributed by atoms with E-state index in [2.05, 4.69) is 37.3 Å². The van der Waals surface area contributed by atoms with E-state index in [0.717, 1.165) is 81.8 Å². The van der Waals surface area contributed by atoms with Crippen LogP contribution in [0.3, 0.4) is 0 Å². The van der Waals surface area contributed by atoms with Gasteiger partial charge in [0.15, 0.2) is 5.96 Å². The van der Waals surface area contributed by atoms with Gasteiger partial charge in [-0.2, -0.15) is 0 Å². The zero-order valence-corrected chi connectivity index (χ0v) is 18.7. The molecule has 2 N–H and O–H groups in total. The lowest BCUT2D eigenvalue weighted by Gasteiger charge is -2.36. The number of guanidine groups is 1. The Bertz CT molecular complexity index is 905. The van der Waals surface area contributed by atoms with E-state index in [9.17, 15) is 4.79 Å². The van der Waals surface area contributed by atoms with Gasteiger partial charge in [-0.3, -0.25) is 0 Å². The van der Waals surface area contributed by atoms with Crippen LogP contribution in [0.2, 0.25) is 0 Å². The maximum absolute atomic E-state index is 12.4. The molecular formula is C23H32N8O. The zero-order valence-electron chi connectivity index (χ0n) is 18.7. The number of carbonyl (C=O) groups excluding carboxylic acids is 1. The molecule has 2 saturated heterocycles. The Morgan fingerprint density at radius 2 is 1.75 bits per heavy atom. The summed E-state index contributed by atoms with van der Waals surface area (Å²) >= 11 is 0. The first-order chi connectivity index (χ1) is 15.7. The summed E-state index contributed by atoms with van der Waals surface area (Å²) in [6, 6.07) is 9.77. The van der Waals surface area contributed by atoms with Crippen molar-refractivity contribution in [3.8, 4) is 0 Å². The van der Waals surface area contributed by atoms with Crippen molar-refractivity contribution in [3.63, 3.8) is 0 Å². The second kappa shape index (κ2) is 10.8. The average molecular weight is 437 g/mol.